The Morgan fingerprint density at radius 3 is 2.84 bits per heavy atom. The first-order valence-electron chi connectivity index (χ1n) is 6.32. The van der Waals surface area contributed by atoms with Gasteiger partial charge in [0.2, 0.25) is 0 Å². The van der Waals surface area contributed by atoms with Gasteiger partial charge < -0.3 is 15.2 Å². The zero-order valence-corrected chi connectivity index (χ0v) is 11.8. The Bertz CT molecular complexity index is 542. The molecule has 0 amide bonds. The number of unbranched alkanes of at least 4 members (excludes halogenated alkanes) is 1. The van der Waals surface area contributed by atoms with Gasteiger partial charge >= 0.3 is 0 Å². The molecule has 6 heteroatoms. The summed E-state index contributed by atoms with van der Waals surface area (Å²) in [4.78, 5) is 0.272. The van der Waals surface area contributed by atoms with Crippen molar-refractivity contribution < 1.29 is 17.9 Å². The van der Waals surface area contributed by atoms with E-state index in [4.69, 9.17) is 15.2 Å². The van der Waals surface area contributed by atoms with Crippen LogP contribution in [0.4, 0.5) is 0 Å². The van der Waals surface area contributed by atoms with Gasteiger partial charge in [0, 0.05) is 18.2 Å². The van der Waals surface area contributed by atoms with Gasteiger partial charge in [-0.15, -0.1) is 0 Å². The van der Waals surface area contributed by atoms with E-state index in [0.29, 0.717) is 18.9 Å². The zero-order chi connectivity index (χ0) is 13.9. The molecule has 0 aromatic heterocycles. The average Bonchev–Trinajstić information content (AvgIpc) is 2.37. The molecule has 5 nitrogen and oxygen atoms in total. The summed E-state index contributed by atoms with van der Waals surface area (Å²) < 4.78 is 34.3. The lowest BCUT2D eigenvalue weighted by atomic mass is 10.2. The smallest absolute Gasteiger partial charge is 0.200 e. The Morgan fingerprint density at radius 1 is 1.37 bits per heavy atom. The molecule has 1 aromatic carbocycles. The molecule has 0 aliphatic carbocycles. The van der Waals surface area contributed by atoms with Crippen LogP contribution in [0.3, 0.4) is 0 Å². The maximum Gasteiger partial charge on any atom is 0.200 e. The predicted octanol–water partition coefficient (Wildman–Crippen LogP) is 1.45. The fourth-order valence-corrected chi connectivity index (χ4v) is 2.59. The topological polar surface area (TPSA) is 78.6 Å². The van der Waals surface area contributed by atoms with Crippen molar-refractivity contribution in [1.29, 1.82) is 0 Å². The Morgan fingerprint density at radius 2 is 2.16 bits per heavy atom. The highest BCUT2D eigenvalue weighted by atomic mass is 32.2. The molecule has 0 saturated heterocycles. The highest BCUT2D eigenvalue weighted by Crippen LogP contribution is 2.30. The highest BCUT2D eigenvalue weighted by Gasteiger charge is 2.21. The Hall–Kier alpha value is -1.11. The third-order valence-corrected chi connectivity index (χ3v) is 4.15. The molecule has 2 N–H and O–H groups in total. The van der Waals surface area contributed by atoms with Gasteiger partial charge in [-0.05, 0) is 31.5 Å². The van der Waals surface area contributed by atoms with Crippen molar-refractivity contribution in [3.8, 4) is 5.75 Å². The fourth-order valence-electron chi connectivity index (χ4n) is 1.95. The zero-order valence-electron chi connectivity index (χ0n) is 11.0. The lowest BCUT2D eigenvalue weighted by molar-refractivity contribution is -0.112. The second-order valence-electron chi connectivity index (χ2n) is 4.68. The van der Waals surface area contributed by atoms with Crippen molar-refractivity contribution in [2.24, 2.45) is 5.73 Å². The molecule has 0 radical (unpaired) electrons. The quantitative estimate of drug-likeness (QED) is 0.828. The van der Waals surface area contributed by atoms with Crippen molar-refractivity contribution in [2.75, 3.05) is 12.8 Å². The summed E-state index contributed by atoms with van der Waals surface area (Å²) in [6.07, 6.45) is 3.50. The second-order valence-corrected chi connectivity index (χ2v) is 6.70. The van der Waals surface area contributed by atoms with E-state index < -0.39 is 9.84 Å². The standard InChI is InChI=1S/C13H19NO4S/c1-19(15,16)11-6-5-10-9-17-13(4-2-3-7-14)18-12(10)8-11/h5-6,8,13H,2-4,7,9,14H2,1H3. The molecular formula is C13H19NO4S. The highest BCUT2D eigenvalue weighted by molar-refractivity contribution is 7.90. The molecule has 1 unspecified atom stereocenters. The molecule has 1 heterocycles. The summed E-state index contributed by atoms with van der Waals surface area (Å²) in [5.74, 6) is 0.604. The van der Waals surface area contributed by atoms with E-state index >= 15 is 0 Å². The Labute approximate surface area is 113 Å². The van der Waals surface area contributed by atoms with E-state index in [-0.39, 0.29) is 11.2 Å². The lowest BCUT2D eigenvalue weighted by Gasteiger charge is -2.26. The summed E-state index contributed by atoms with van der Waals surface area (Å²) in [6.45, 7) is 1.11. The minimum absolute atomic E-state index is 0.272. The number of nitrogens with two attached hydrogens (primary N) is 1. The number of fused-ring (bicyclic) bond motifs is 1. The van der Waals surface area contributed by atoms with Gasteiger partial charge in [-0.1, -0.05) is 6.07 Å². The summed E-state index contributed by atoms with van der Waals surface area (Å²) >= 11 is 0. The van der Waals surface area contributed by atoms with Crippen LogP contribution >= 0.6 is 0 Å². The van der Waals surface area contributed by atoms with Crippen molar-refractivity contribution >= 4 is 9.84 Å². The maximum absolute atomic E-state index is 11.5. The molecule has 1 aromatic rings. The summed E-state index contributed by atoms with van der Waals surface area (Å²) in [6, 6.07) is 4.89. The number of hydrogen-bond acceptors (Lipinski definition) is 5. The van der Waals surface area contributed by atoms with Gasteiger partial charge in [0.25, 0.3) is 0 Å². The largest absolute Gasteiger partial charge is 0.465 e. The SMILES string of the molecule is CS(=O)(=O)c1ccc2c(c1)OC(CCCCN)OC2. The van der Waals surface area contributed by atoms with Gasteiger partial charge in [-0.3, -0.25) is 0 Å². The van der Waals surface area contributed by atoms with Crippen LogP contribution in [0.5, 0.6) is 5.75 Å². The third kappa shape index (κ3) is 3.68. The van der Waals surface area contributed by atoms with Gasteiger partial charge in [0.1, 0.15) is 5.75 Å². The predicted molar refractivity (Wildman–Crippen MR) is 71.7 cm³/mol. The van der Waals surface area contributed by atoms with Crippen LogP contribution in [0.15, 0.2) is 23.1 Å². The number of sulfone groups is 1. The second kappa shape index (κ2) is 5.90. The molecule has 1 aliphatic rings. The summed E-state index contributed by atoms with van der Waals surface area (Å²) in [5.41, 5.74) is 6.32. The van der Waals surface area contributed by atoms with E-state index in [2.05, 4.69) is 0 Å². The van der Waals surface area contributed by atoms with E-state index in [1.807, 2.05) is 0 Å². The van der Waals surface area contributed by atoms with Crippen LogP contribution in [0.1, 0.15) is 24.8 Å². The number of rotatable bonds is 5. The number of ether oxygens (including phenoxy) is 2. The average molecular weight is 285 g/mol. The molecule has 2 rings (SSSR count). The van der Waals surface area contributed by atoms with Crippen LogP contribution in [-0.4, -0.2) is 27.5 Å². The normalized spacial score (nSPS) is 18.7. The van der Waals surface area contributed by atoms with Gasteiger partial charge in [0.15, 0.2) is 16.1 Å². The van der Waals surface area contributed by atoms with Gasteiger partial charge in [0.05, 0.1) is 11.5 Å². The van der Waals surface area contributed by atoms with Crippen molar-refractivity contribution in [3.05, 3.63) is 23.8 Å². The molecule has 0 saturated carbocycles. The van der Waals surface area contributed by atoms with E-state index in [9.17, 15) is 8.42 Å². The van der Waals surface area contributed by atoms with Crippen molar-refractivity contribution in [3.63, 3.8) is 0 Å². The summed E-state index contributed by atoms with van der Waals surface area (Å²) in [7, 11) is -3.21. The van der Waals surface area contributed by atoms with E-state index in [1.54, 1.807) is 18.2 Å². The van der Waals surface area contributed by atoms with E-state index in [0.717, 1.165) is 24.8 Å². The first kappa shape index (κ1) is 14.3. The third-order valence-electron chi connectivity index (χ3n) is 3.04. The Kier molecular flexibility index (Phi) is 4.44. The van der Waals surface area contributed by atoms with Crippen LogP contribution < -0.4 is 10.5 Å². The lowest BCUT2D eigenvalue weighted by Crippen LogP contribution is -2.25. The van der Waals surface area contributed by atoms with Crippen LogP contribution in [-0.2, 0) is 21.2 Å². The molecule has 0 spiro atoms. The van der Waals surface area contributed by atoms with Crippen LogP contribution in [0.25, 0.3) is 0 Å². The molecule has 106 valence electrons. The number of hydrogen-bond donors (Lipinski definition) is 1. The maximum atomic E-state index is 11.5. The number of benzene rings is 1. The van der Waals surface area contributed by atoms with Crippen molar-refractivity contribution in [1.82, 2.24) is 0 Å². The van der Waals surface area contributed by atoms with Gasteiger partial charge in [-0.2, -0.15) is 0 Å². The summed E-state index contributed by atoms with van der Waals surface area (Å²) in [5, 5.41) is 0. The fraction of sp³-hybridized carbons (Fsp3) is 0.538. The monoisotopic (exact) mass is 285 g/mol. The molecule has 1 atom stereocenters. The molecule has 0 bridgehead atoms. The molecule has 1 aliphatic heterocycles. The van der Waals surface area contributed by atoms with Crippen molar-refractivity contribution in [2.45, 2.75) is 37.1 Å². The van der Waals surface area contributed by atoms with Gasteiger partial charge in [-0.25, -0.2) is 8.42 Å². The Balaban J connectivity index is 2.10. The minimum atomic E-state index is -3.21. The van der Waals surface area contributed by atoms with Crippen LogP contribution in [0.2, 0.25) is 0 Å². The first-order chi connectivity index (χ1) is 9.00. The van der Waals surface area contributed by atoms with Crippen LogP contribution in [0, 0.1) is 0 Å². The minimum Gasteiger partial charge on any atom is -0.465 e. The van der Waals surface area contributed by atoms with E-state index in [1.165, 1.54) is 6.26 Å². The molecule has 19 heavy (non-hydrogen) atoms. The first-order valence-corrected chi connectivity index (χ1v) is 8.21. The molecule has 0 fully saturated rings. The molecular weight excluding hydrogens is 266 g/mol.